The molecular weight excluding hydrogens is 757 g/mol. The summed E-state index contributed by atoms with van der Waals surface area (Å²) in [7, 11) is 0. The molecule has 0 aliphatic heterocycles. The van der Waals surface area contributed by atoms with Gasteiger partial charge in [0.15, 0.2) is 11.2 Å². The SMILES string of the molecule is CC.Cc1ccc(N(c2ccc3ccc4cccc5ccc2c3c45)c2cccc3c2oc2c(C)cccc23)cc1.Cc1ccc(Nc2cccc3c2oc2c(C)cccc23)cc1. The molecule has 2 aromatic heterocycles. The first-order valence-electron chi connectivity index (χ1n) is 21.6. The normalized spacial score (nSPS) is 11.4. The number of anilines is 5. The Morgan fingerprint density at radius 1 is 0.371 bits per heavy atom. The summed E-state index contributed by atoms with van der Waals surface area (Å²) in [6.07, 6.45) is 0. The van der Waals surface area contributed by atoms with Crippen LogP contribution in [-0.4, -0.2) is 0 Å². The van der Waals surface area contributed by atoms with Crippen LogP contribution in [0.2, 0.25) is 0 Å². The average Bonchev–Trinajstić information content (AvgIpc) is 3.90. The van der Waals surface area contributed by atoms with Crippen molar-refractivity contribution < 1.29 is 8.83 Å². The number of aryl methyl sites for hydroxylation is 4. The van der Waals surface area contributed by atoms with E-state index in [4.69, 9.17) is 8.83 Å². The molecule has 0 aliphatic carbocycles. The minimum atomic E-state index is 0.906. The average molecular weight is 805 g/mol. The second-order valence-electron chi connectivity index (χ2n) is 16.0. The Balaban J connectivity index is 0.000000162. The maximum Gasteiger partial charge on any atom is 0.159 e. The molecule has 0 amide bonds. The highest BCUT2D eigenvalue weighted by molar-refractivity contribution is 6.26. The van der Waals surface area contributed by atoms with Crippen LogP contribution in [0.3, 0.4) is 0 Å². The van der Waals surface area contributed by atoms with Crippen LogP contribution in [0.25, 0.3) is 76.2 Å². The molecule has 0 radical (unpaired) electrons. The van der Waals surface area contributed by atoms with Crippen molar-refractivity contribution in [1.82, 2.24) is 0 Å². The van der Waals surface area contributed by atoms with Crippen LogP contribution >= 0.6 is 0 Å². The first-order chi connectivity index (χ1) is 30.4. The third-order valence-corrected chi connectivity index (χ3v) is 12.0. The van der Waals surface area contributed by atoms with Crippen molar-refractivity contribution in [2.24, 2.45) is 0 Å². The van der Waals surface area contributed by atoms with Gasteiger partial charge in [-0.15, -0.1) is 0 Å². The Kier molecular flexibility index (Phi) is 9.84. The van der Waals surface area contributed by atoms with E-state index in [1.807, 2.05) is 13.8 Å². The highest BCUT2D eigenvalue weighted by atomic mass is 16.3. The van der Waals surface area contributed by atoms with Gasteiger partial charge in [0.05, 0.1) is 17.1 Å². The number of nitrogens with zero attached hydrogens (tertiary/aromatic N) is 1. The Hall–Kier alpha value is -7.56. The maximum atomic E-state index is 6.65. The van der Waals surface area contributed by atoms with Crippen molar-refractivity contribution in [1.29, 1.82) is 0 Å². The van der Waals surface area contributed by atoms with Gasteiger partial charge >= 0.3 is 0 Å². The molecule has 2 heterocycles. The molecule has 62 heavy (non-hydrogen) atoms. The number of hydrogen-bond acceptors (Lipinski definition) is 4. The fourth-order valence-corrected chi connectivity index (χ4v) is 8.99. The summed E-state index contributed by atoms with van der Waals surface area (Å²) < 4.78 is 12.8. The number of rotatable bonds is 5. The van der Waals surface area contributed by atoms with E-state index in [0.717, 1.165) is 78.1 Å². The standard InChI is InChI=1S/C36H25NO.C20H17NO.C2H6/c1-22-12-18-27(19-13-22)37(32-11-5-10-29-28-9-3-6-23(2)35(28)38-36(29)32)31-21-17-26-15-14-24-7-4-8-25-16-20-30(31)34(26)33(24)25;1-13-9-11-15(12-10-13)21-18-8-4-7-17-16-6-3-5-14(2)19(16)22-20(17)18;1-2/h3-21H,1-2H3;3-12,21H,1-2H3;1-2H3. The predicted octanol–water partition coefficient (Wildman–Crippen LogP) is 17.5. The van der Waals surface area contributed by atoms with Crippen LogP contribution in [0.15, 0.2) is 185 Å². The van der Waals surface area contributed by atoms with Gasteiger partial charge in [0.25, 0.3) is 0 Å². The van der Waals surface area contributed by atoms with E-state index in [2.05, 4.69) is 214 Å². The van der Waals surface area contributed by atoms with Crippen LogP contribution < -0.4 is 10.2 Å². The van der Waals surface area contributed by atoms with Gasteiger partial charge in [0.2, 0.25) is 0 Å². The summed E-state index contributed by atoms with van der Waals surface area (Å²) in [5, 5.41) is 15.7. The fraction of sp³-hybridized carbons (Fsp3) is 0.103. The number of nitrogens with one attached hydrogen (secondary N) is 1. The molecule has 1 N–H and O–H groups in total. The van der Waals surface area contributed by atoms with E-state index < -0.39 is 0 Å². The van der Waals surface area contributed by atoms with Crippen LogP contribution in [0.4, 0.5) is 28.4 Å². The van der Waals surface area contributed by atoms with E-state index in [9.17, 15) is 0 Å². The van der Waals surface area contributed by atoms with Crippen molar-refractivity contribution in [2.75, 3.05) is 10.2 Å². The highest BCUT2D eigenvalue weighted by Crippen LogP contribution is 2.47. The summed E-state index contributed by atoms with van der Waals surface area (Å²) >= 11 is 0. The van der Waals surface area contributed by atoms with Crippen molar-refractivity contribution in [3.63, 3.8) is 0 Å². The van der Waals surface area contributed by atoms with Crippen LogP contribution in [0, 0.1) is 27.7 Å². The van der Waals surface area contributed by atoms with E-state index >= 15 is 0 Å². The molecule has 0 bridgehead atoms. The highest BCUT2D eigenvalue weighted by Gasteiger charge is 2.22. The second kappa shape index (κ2) is 15.8. The van der Waals surface area contributed by atoms with E-state index in [1.54, 1.807) is 0 Å². The monoisotopic (exact) mass is 804 g/mol. The van der Waals surface area contributed by atoms with Gasteiger partial charge in [-0.1, -0.05) is 158 Å². The van der Waals surface area contributed by atoms with Gasteiger partial charge in [-0.2, -0.15) is 0 Å². The first kappa shape index (κ1) is 38.6. The molecule has 4 nitrogen and oxygen atoms in total. The molecule has 4 heteroatoms. The van der Waals surface area contributed by atoms with Crippen LogP contribution in [0.1, 0.15) is 36.1 Å². The molecule has 12 aromatic rings. The summed E-state index contributed by atoms with van der Waals surface area (Å²) in [4.78, 5) is 2.37. The van der Waals surface area contributed by atoms with Crippen LogP contribution in [0.5, 0.6) is 0 Å². The van der Waals surface area contributed by atoms with E-state index in [0.29, 0.717) is 0 Å². The van der Waals surface area contributed by atoms with E-state index in [1.165, 1.54) is 48.8 Å². The summed E-state index contributed by atoms with van der Waals surface area (Å²) in [5.74, 6) is 0. The van der Waals surface area contributed by atoms with E-state index in [-0.39, 0.29) is 0 Å². The summed E-state index contributed by atoms with van der Waals surface area (Å²) in [6, 6.07) is 62.6. The number of fused-ring (bicyclic) bond motifs is 6. The minimum Gasteiger partial charge on any atom is -0.454 e. The summed E-state index contributed by atoms with van der Waals surface area (Å²) in [6.45, 7) is 12.4. The van der Waals surface area contributed by atoms with Crippen molar-refractivity contribution >= 4 is 105 Å². The van der Waals surface area contributed by atoms with Gasteiger partial charge in [-0.25, -0.2) is 0 Å². The molecular formula is C58H48N2O2. The minimum absolute atomic E-state index is 0.906. The molecule has 10 aromatic carbocycles. The smallest absolute Gasteiger partial charge is 0.159 e. The molecule has 0 atom stereocenters. The van der Waals surface area contributed by atoms with Gasteiger partial charge in [0.1, 0.15) is 11.2 Å². The third-order valence-electron chi connectivity index (χ3n) is 12.0. The zero-order valence-electron chi connectivity index (χ0n) is 36.0. The summed E-state index contributed by atoms with van der Waals surface area (Å²) in [5.41, 5.74) is 13.9. The maximum absolute atomic E-state index is 6.65. The number of para-hydroxylation sites is 4. The van der Waals surface area contributed by atoms with Gasteiger partial charge in [-0.05, 0) is 108 Å². The zero-order valence-corrected chi connectivity index (χ0v) is 36.0. The van der Waals surface area contributed by atoms with Gasteiger partial charge < -0.3 is 19.1 Å². The Morgan fingerprint density at radius 2 is 0.855 bits per heavy atom. The topological polar surface area (TPSA) is 41.6 Å². The van der Waals surface area contributed by atoms with Gasteiger partial charge in [0, 0.05) is 38.3 Å². The number of hydrogen-bond donors (Lipinski definition) is 1. The Morgan fingerprint density at radius 3 is 1.50 bits per heavy atom. The Labute approximate surface area is 362 Å². The molecule has 0 unspecified atom stereocenters. The molecule has 0 saturated carbocycles. The predicted molar refractivity (Wildman–Crippen MR) is 266 cm³/mol. The lowest BCUT2D eigenvalue weighted by atomic mass is 9.93. The number of benzene rings is 10. The molecule has 0 saturated heterocycles. The number of furan rings is 2. The molecule has 0 fully saturated rings. The fourth-order valence-electron chi connectivity index (χ4n) is 8.99. The Bertz CT molecular complexity index is 3540. The quantitative estimate of drug-likeness (QED) is 0.176. The largest absolute Gasteiger partial charge is 0.454 e. The molecule has 302 valence electrons. The van der Waals surface area contributed by atoms with Crippen molar-refractivity contribution in [3.8, 4) is 0 Å². The third kappa shape index (κ3) is 6.56. The lowest BCUT2D eigenvalue weighted by molar-refractivity contribution is 0.666. The molecule has 0 spiro atoms. The molecule has 0 aliphatic rings. The van der Waals surface area contributed by atoms with Gasteiger partial charge in [-0.3, -0.25) is 0 Å². The lowest BCUT2D eigenvalue weighted by Crippen LogP contribution is -2.11. The zero-order chi connectivity index (χ0) is 42.5. The second-order valence-corrected chi connectivity index (χ2v) is 16.0. The first-order valence-corrected chi connectivity index (χ1v) is 21.6. The molecule has 12 rings (SSSR count). The lowest BCUT2D eigenvalue weighted by Gasteiger charge is -2.27. The van der Waals surface area contributed by atoms with Crippen molar-refractivity contribution in [2.45, 2.75) is 41.5 Å². The van der Waals surface area contributed by atoms with Crippen molar-refractivity contribution in [3.05, 3.63) is 198 Å². The van der Waals surface area contributed by atoms with Crippen LogP contribution in [-0.2, 0) is 0 Å².